The molecule has 5 heteroatoms. The molecule has 1 aliphatic heterocycles. The summed E-state index contributed by atoms with van der Waals surface area (Å²) in [5.74, 6) is 0.268. The Balaban J connectivity index is 2.35. The minimum atomic E-state index is -0.670. The summed E-state index contributed by atoms with van der Waals surface area (Å²) >= 11 is 0. The number of ether oxygens (including phenoxy) is 1. The van der Waals surface area contributed by atoms with Crippen LogP contribution in [0.15, 0.2) is 18.2 Å². The average molecular weight is 234 g/mol. The minimum Gasteiger partial charge on any atom is -0.479 e. The molecule has 0 saturated heterocycles. The van der Waals surface area contributed by atoms with Crippen LogP contribution < -0.4 is 15.8 Å². The second-order valence-electron chi connectivity index (χ2n) is 4.09. The molecule has 0 fully saturated rings. The van der Waals surface area contributed by atoms with Gasteiger partial charge in [-0.2, -0.15) is 0 Å². The van der Waals surface area contributed by atoms with E-state index in [1.165, 1.54) is 6.92 Å². The SMILES string of the molecule is CC(=O)C(N)c1ccc2c(c1)NC(=O)C(C)O2. The summed E-state index contributed by atoms with van der Waals surface area (Å²) in [6, 6.07) is 4.44. The van der Waals surface area contributed by atoms with E-state index in [1.807, 2.05) is 0 Å². The molecule has 17 heavy (non-hydrogen) atoms. The fraction of sp³-hybridized carbons (Fsp3) is 0.333. The third kappa shape index (κ3) is 2.14. The summed E-state index contributed by atoms with van der Waals surface area (Å²) in [4.78, 5) is 22.6. The Morgan fingerprint density at radius 3 is 2.88 bits per heavy atom. The van der Waals surface area contributed by atoms with E-state index >= 15 is 0 Å². The molecule has 90 valence electrons. The lowest BCUT2D eigenvalue weighted by Gasteiger charge is -2.24. The van der Waals surface area contributed by atoms with Crippen LogP contribution in [0, 0.1) is 0 Å². The Morgan fingerprint density at radius 2 is 2.24 bits per heavy atom. The zero-order valence-corrected chi connectivity index (χ0v) is 9.69. The molecule has 1 amide bonds. The number of carbonyl (C=O) groups excluding carboxylic acids is 2. The highest BCUT2D eigenvalue weighted by Crippen LogP contribution is 2.31. The molecule has 2 unspecified atom stereocenters. The molecule has 1 heterocycles. The van der Waals surface area contributed by atoms with Gasteiger partial charge in [0.2, 0.25) is 0 Å². The predicted octanol–water partition coefficient (Wildman–Crippen LogP) is 0.995. The van der Waals surface area contributed by atoms with Gasteiger partial charge in [0, 0.05) is 0 Å². The third-order valence-corrected chi connectivity index (χ3v) is 2.73. The molecule has 2 rings (SSSR count). The standard InChI is InChI=1S/C12H14N2O3/c1-6(15)11(13)8-3-4-10-9(5-8)14-12(16)7(2)17-10/h3-5,7,11H,13H2,1-2H3,(H,14,16). The van der Waals surface area contributed by atoms with Gasteiger partial charge in [0.05, 0.1) is 11.7 Å². The van der Waals surface area contributed by atoms with Gasteiger partial charge in [-0.3, -0.25) is 9.59 Å². The number of hydrogen-bond acceptors (Lipinski definition) is 4. The van der Waals surface area contributed by atoms with Crippen molar-refractivity contribution in [3.05, 3.63) is 23.8 Å². The van der Waals surface area contributed by atoms with Crippen molar-refractivity contribution in [3.63, 3.8) is 0 Å². The number of nitrogens with two attached hydrogens (primary N) is 1. The molecule has 1 aromatic rings. The number of ketones is 1. The third-order valence-electron chi connectivity index (χ3n) is 2.73. The van der Waals surface area contributed by atoms with Crippen LogP contribution in [0.1, 0.15) is 25.5 Å². The Morgan fingerprint density at radius 1 is 1.53 bits per heavy atom. The monoisotopic (exact) mass is 234 g/mol. The molecule has 1 aromatic carbocycles. The smallest absolute Gasteiger partial charge is 0.265 e. The summed E-state index contributed by atoms with van der Waals surface area (Å²) in [5, 5.41) is 2.71. The van der Waals surface area contributed by atoms with Gasteiger partial charge in [-0.05, 0) is 31.5 Å². The molecule has 1 aliphatic rings. The Labute approximate surface area is 98.9 Å². The Bertz CT molecular complexity index is 485. The van der Waals surface area contributed by atoms with Crippen LogP contribution in [-0.2, 0) is 9.59 Å². The molecule has 0 aromatic heterocycles. The highest BCUT2D eigenvalue weighted by molar-refractivity contribution is 5.97. The molecule has 0 aliphatic carbocycles. The van der Waals surface area contributed by atoms with E-state index in [0.717, 1.165) is 0 Å². The van der Waals surface area contributed by atoms with Crippen LogP contribution in [0.2, 0.25) is 0 Å². The van der Waals surface area contributed by atoms with Crippen molar-refractivity contribution >= 4 is 17.4 Å². The number of Topliss-reactive ketones (excluding diaryl/α,β-unsaturated/α-hetero) is 1. The van der Waals surface area contributed by atoms with E-state index in [4.69, 9.17) is 10.5 Å². The second-order valence-corrected chi connectivity index (χ2v) is 4.09. The Hall–Kier alpha value is -1.88. The van der Waals surface area contributed by atoms with E-state index in [0.29, 0.717) is 17.0 Å². The topological polar surface area (TPSA) is 81.4 Å². The summed E-state index contributed by atoms with van der Waals surface area (Å²) in [6.07, 6.45) is -0.505. The van der Waals surface area contributed by atoms with Crippen molar-refractivity contribution in [3.8, 4) is 5.75 Å². The second kappa shape index (κ2) is 4.18. The molecular formula is C12H14N2O3. The van der Waals surface area contributed by atoms with E-state index in [-0.39, 0.29) is 11.7 Å². The number of benzene rings is 1. The molecule has 0 spiro atoms. The molecule has 0 saturated carbocycles. The van der Waals surface area contributed by atoms with Gasteiger partial charge in [0.25, 0.3) is 5.91 Å². The van der Waals surface area contributed by atoms with Crippen molar-refractivity contribution in [1.82, 2.24) is 0 Å². The van der Waals surface area contributed by atoms with Gasteiger partial charge in [-0.25, -0.2) is 0 Å². The summed E-state index contributed by atoms with van der Waals surface area (Å²) in [6.45, 7) is 3.11. The van der Waals surface area contributed by atoms with Crippen molar-refractivity contribution in [2.75, 3.05) is 5.32 Å². The molecule has 0 bridgehead atoms. The summed E-state index contributed by atoms with van der Waals surface area (Å²) in [7, 11) is 0. The van der Waals surface area contributed by atoms with Crippen LogP contribution in [0.25, 0.3) is 0 Å². The maximum atomic E-state index is 11.4. The van der Waals surface area contributed by atoms with Crippen molar-refractivity contribution in [2.45, 2.75) is 26.0 Å². The van der Waals surface area contributed by atoms with E-state index in [9.17, 15) is 9.59 Å². The first kappa shape index (κ1) is 11.6. The Kier molecular flexibility index (Phi) is 2.85. The van der Waals surface area contributed by atoms with Crippen molar-refractivity contribution in [1.29, 1.82) is 0 Å². The number of amides is 1. The highest BCUT2D eigenvalue weighted by atomic mass is 16.5. The molecule has 2 atom stereocenters. The van der Waals surface area contributed by atoms with Gasteiger partial charge in [-0.1, -0.05) is 6.07 Å². The fourth-order valence-electron chi connectivity index (χ4n) is 1.65. The first-order valence-electron chi connectivity index (χ1n) is 5.36. The van der Waals surface area contributed by atoms with Gasteiger partial charge < -0.3 is 15.8 Å². The summed E-state index contributed by atoms with van der Waals surface area (Å²) < 4.78 is 5.40. The van der Waals surface area contributed by atoms with Gasteiger partial charge in [0.15, 0.2) is 11.9 Å². The first-order chi connectivity index (χ1) is 7.99. The molecule has 3 N–H and O–H groups in total. The van der Waals surface area contributed by atoms with Gasteiger partial charge >= 0.3 is 0 Å². The van der Waals surface area contributed by atoms with Crippen LogP contribution in [0.3, 0.4) is 0 Å². The van der Waals surface area contributed by atoms with Gasteiger partial charge in [-0.15, -0.1) is 0 Å². The predicted molar refractivity (Wildman–Crippen MR) is 62.8 cm³/mol. The van der Waals surface area contributed by atoms with Crippen LogP contribution in [-0.4, -0.2) is 17.8 Å². The molecular weight excluding hydrogens is 220 g/mol. The largest absolute Gasteiger partial charge is 0.479 e. The van der Waals surface area contributed by atoms with Crippen molar-refractivity contribution in [2.24, 2.45) is 5.73 Å². The maximum Gasteiger partial charge on any atom is 0.265 e. The van der Waals surface area contributed by atoms with E-state index in [1.54, 1.807) is 25.1 Å². The van der Waals surface area contributed by atoms with Gasteiger partial charge in [0.1, 0.15) is 5.75 Å². The van der Waals surface area contributed by atoms with Crippen LogP contribution in [0.4, 0.5) is 5.69 Å². The number of anilines is 1. The normalized spacial score (nSPS) is 19.9. The lowest BCUT2D eigenvalue weighted by Crippen LogP contribution is -2.34. The first-order valence-corrected chi connectivity index (χ1v) is 5.36. The van der Waals surface area contributed by atoms with Crippen LogP contribution in [0.5, 0.6) is 5.75 Å². The van der Waals surface area contributed by atoms with Crippen LogP contribution >= 0.6 is 0 Å². The number of fused-ring (bicyclic) bond motifs is 1. The quantitative estimate of drug-likeness (QED) is 0.799. The lowest BCUT2D eigenvalue weighted by molar-refractivity contribution is -0.122. The average Bonchev–Trinajstić information content (AvgIpc) is 2.29. The van der Waals surface area contributed by atoms with E-state index in [2.05, 4.69) is 5.32 Å². The number of hydrogen-bond donors (Lipinski definition) is 2. The van der Waals surface area contributed by atoms with E-state index < -0.39 is 12.1 Å². The molecule has 5 nitrogen and oxygen atoms in total. The minimum absolute atomic E-state index is 0.124. The number of rotatable bonds is 2. The zero-order valence-electron chi connectivity index (χ0n) is 9.69. The lowest BCUT2D eigenvalue weighted by atomic mass is 10.0. The fourth-order valence-corrected chi connectivity index (χ4v) is 1.65. The zero-order chi connectivity index (χ0) is 12.6. The number of nitrogens with one attached hydrogen (secondary N) is 1. The van der Waals surface area contributed by atoms with Crippen molar-refractivity contribution < 1.29 is 14.3 Å². The molecule has 0 radical (unpaired) electrons. The highest BCUT2D eigenvalue weighted by Gasteiger charge is 2.24. The number of carbonyl (C=O) groups is 2. The summed E-state index contributed by atoms with van der Waals surface area (Å²) in [5.41, 5.74) is 6.95. The maximum absolute atomic E-state index is 11.4.